The number of urea groups is 1. The zero-order chi connectivity index (χ0) is 16.8. The summed E-state index contributed by atoms with van der Waals surface area (Å²) in [5, 5.41) is 12.0. The molecule has 0 aromatic heterocycles. The molecule has 1 heterocycles. The van der Waals surface area contributed by atoms with E-state index >= 15 is 0 Å². The van der Waals surface area contributed by atoms with Crippen molar-refractivity contribution >= 4 is 18.0 Å². The minimum Gasteiger partial charge on any atom is -0.481 e. The fourth-order valence-corrected chi connectivity index (χ4v) is 3.33. The fraction of sp³-hybridized carbons (Fsp3) is 0.812. The lowest BCUT2D eigenvalue weighted by molar-refractivity contribution is -0.149. The number of piperidine rings is 1. The van der Waals surface area contributed by atoms with Crippen LogP contribution >= 0.6 is 0 Å². The second-order valence-electron chi connectivity index (χ2n) is 6.35. The third kappa shape index (κ3) is 4.84. The Morgan fingerprint density at radius 2 is 1.65 bits per heavy atom. The van der Waals surface area contributed by atoms with Crippen LogP contribution in [-0.4, -0.2) is 53.7 Å². The molecule has 23 heavy (non-hydrogen) atoms. The molecule has 0 unspecified atom stereocenters. The number of carboxylic acid groups (broad SMARTS) is 1. The highest BCUT2D eigenvalue weighted by atomic mass is 16.5. The molecule has 1 saturated carbocycles. The SMILES string of the molecule is CCOC(=O)C1CCC(NC(=O)N2CCC(C(=O)O)CC2)CC1. The molecule has 2 rings (SSSR count). The van der Waals surface area contributed by atoms with E-state index in [-0.39, 0.29) is 29.9 Å². The second-order valence-corrected chi connectivity index (χ2v) is 6.35. The number of amides is 2. The Morgan fingerprint density at radius 1 is 1.04 bits per heavy atom. The number of carboxylic acids is 1. The van der Waals surface area contributed by atoms with Crippen LogP contribution in [0.1, 0.15) is 45.4 Å². The van der Waals surface area contributed by atoms with Crippen molar-refractivity contribution in [3.63, 3.8) is 0 Å². The third-order valence-electron chi connectivity index (χ3n) is 4.81. The third-order valence-corrected chi connectivity index (χ3v) is 4.81. The number of carbonyl (C=O) groups excluding carboxylic acids is 2. The normalized spacial score (nSPS) is 25.7. The van der Waals surface area contributed by atoms with Crippen molar-refractivity contribution in [1.29, 1.82) is 0 Å². The molecule has 2 amide bonds. The first-order valence-electron chi connectivity index (χ1n) is 8.46. The molecule has 1 aliphatic carbocycles. The molecule has 0 aromatic rings. The lowest BCUT2D eigenvalue weighted by atomic mass is 9.86. The van der Waals surface area contributed by atoms with E-state index in [9.17, 15) is 14.4 Å². The predicted octanol–water partition coefficient (Wildman–Crippen LogP) is 1.61. The van der Waals surface area contributed by atoms with Gasteiger partial charge in [0.2, 0.25) is 0 Å². The Balaban J connectivity index is 1.71. The highest BCUT2D eigenvalue weighted by Crippen LogP contribution is 2.26. The van der Waals surface area contributed by atoms with E-state index in [4.69, 9.17) is 9.84 Å². The van der Waals surface area contributed by atoms with Gasteiger partial charge in [-0.25, -0.2) is 4.79 Å². The molecule has 7 nitrogen and oxygen atoms in total. The summed E-state index contributed by atoms with van der Waals surface area (Å²) in [4.78, 5) is 36.5. The van der Waals surface area contributed by atoms with Gasteiger partial charge in [-0.05, 0) is 45.4 Å². The van der Waals surface area contributed by atoms with Gasteiger partial charge in [0.05, 0.1) is 18.4 Å². The first-order valence-corrected chi connectivity index (χ1v) is 8.46. The topological polar surface area (TPSA) is 95.9 Å². The van der Waals surface area contributed by atoms with Crippen LogP contribution < -0.4 is 5.32 Å². The molecule has 2 fully saturated rings. The minimum atomic E-state index is -0.776. The van der Waals surface area contributed by atoms with Gasteiger partial charge in [-0.15, -0.1) is 0 Å². The smallest absolute Gasteiger partial charge is 0.317 e. The minimum absolute atomic E-state index is 0.0468. The average Bonchev–Trinajstić information content (AvgIpc) is 2.55. The molecular formula is C16H26N2O5. The average molecular weight is 326 g/mol. The van der Waals surface area contributed by atoms with Crippen LogP contribution in [0.5, 0.6) is 0 Å². The summed E-state index contributed by atoms with van der Waals surface area (Å²) in [6, 6.07) is -0.0289. The Morgan fingerprint density at radius 3 is 2.17 bits per heavy atom. The van der Waals surface area contributed by atoms with Crippen molar-refractivity contribution in [2.45, 2.75) is 51.5 Å². The van der Waals surface area contributed by atoms with Crippen LogP contribution in [0.2, 0.25) is 0 Å². The van der Waals surface area contributed by atoms with Gasteiger partial charge < -0.3 is 20.1 Å². The standard InChI is InChI=1S/C16H26N2O5/c1-2-23-15(21)12-3-5-13(6-4-12)17-16(22)18-9-7-11(8-10-18)14(19)20/h11-13H,2-10H2,1H3,(H,17,22)(H,19,20). The Bertz CT molecular complexity index is 438. The van der Waals surface area contributed by atoms with Crippen molar-refractivity contribution in [1.82, 2.24) is 10.2 Å². The number of aliphatic carboxylic acids is 1. The maximum atomic E-state index is 12.2. The second kappa shape index (κ2) is 8.17. The largest absolute Gasteiger partial charge is 0.481 e. The first-order chi connectivity index (χ1) is 11.0. The van der Waals surface area contributed by atoms with E-state index in [1.54, 1.807) is 11.8 Å². The van der Waals surface area contributed by atoms with E-state index in [1.807, 2.05) is 0 Å². The molecule has 130 valence electrons. The molecule has 1 saturated heterocycles. The summed E-state index contributed by atoms with van der Waals surface area (Å²) >= 11 is 0. The summed E-state index contributed by atoms with van der Waals surface area (Å²) in [6.45, 7) is 3.18. The number of esters is 1. The Hall–Kier alpha value is -1.79. The molecule has 0 bridgehead atoms. The maximum absolute atomic E-state index is 12.2. The van der Waals surface area contributed by atoms with Gasteiger partial charge in [0.15, 0.2) is 0 Å². The van der Waals surface area contributed by atoms with E-state index in [0.717, 1.165) is 25.7 Å². The van der Waals surface area contributed by atoms with Crippen LogP contribution in [0, 0.1) is 11.8 Å². The molecule has 0 radical (unpaired) electrons. The summed E-state index contributed by atoms with van der Waals surface area (Å²) in [6.07, 6.45) is 4.06. The number of nitrogens with zero attached hydrogens (tertiary/aromatic N) is 1. The number of hydrogen-bond acceptors (Lipinski definition) is 4. The quantitative estimate of drug-likeness (QED) is 0.765. The van der Waals surface area contributed by atoms with Gasteiger partial charge in [-0.1, -0.05) is 0 Å². The molecule has 0 aromatic carbocycles. The number of rotatable bonds is 4. The summed E-state index contributed by atoms with van der Waals surface area (Å²) < 4.78 is 5.04. The molecule has 7 heteroatoms. The highest BCUT2D eigenvalue weighted by Gasteiger charge is 2.31. The molecular weight excluding hydrogens is 300 g/mol. The lowest BCUT2D eigenvalue weighted by Gasteiger charge is -2.33. The summed E-state index contributed by atoms with van der Waals surface area (Å²) in [5.74, 6) is -1.29. The van der Waals surface area contributed by atoms with Gasteiger partial charge in [-0.2, -0.15) is 0 Å². The fourth-order valence-electron chi connectivity index (χ4n) is 3.33. The van der Waals surface area contributed by atoms with E-state index in [1.165, 1.54) is 0 Å². The van der Waals surface area contributed by atoms with Crippen LogP contribution in [0.3, 0.4) is 0 Å². The zero-order valence-electron chi connectivity index (χ0n) is 13.6. The van der Waals surface area contributed by atoms with Crippen molar-refractivity contribution in [2.24, 2.45) is 11.8 Å². The number of carbonyl (C=O) groups is 3. The van der Waals surface area contributed by atoms with Gasteiger partial charge in [0.1, 0.15) is 0 Å². The lowest BCUT2D eigenvalue weighted by Crippen LogP contribution is -2.49. The molecule has 2 aliphatic rings. The number of ether oxygens (including phenoxy) is 1. The number of hydrogen-bond donors (Lipinski definition) is 2. The van der Waals surface area contributed by atoms with E-state index in [2.05, 4.69) is 5.32 Å². The molecule has 2 N–H and O–H groups in total. The van der Waals surface area contributed by atoms with Crippen LogP contribution in [0.4, 0.5) is 4.79 Å². The highest BCUT2D eigenvalue weighted by molar-refractivity contribution is 5.76. The van der Waals surface area contributed by atoms with E-state index in [0.29, 0.717) is 32.5 Å². The Labute approximate surface area is 136 Å². The van der Waals surface area contributed by atoms with E-state index < -0.39 is 5.97 Å². The van der Waals surface area contributed by atoms with Crippen molar-refractivity contribution in [2.75, 3.05) is 19.7 Å². The summed E-state index contributed by atoms with van der Waals surface area (Å²) in [7, 11) is 0. The summed E-state index contributed by atoms with van der Waals surface area (Å²) in [5.41, 5.74) is 0. The van der Waals surface area contributed by atoms with Gasteiger partial charge in [-0.3, -0.25) is 9.59 Å². The monoisotopic (exact) mass is 326 g/mol. The van der Waals surface area contributed by atoms with Crippen molar-refractivity contribution < 1.29 is 24.2 Å². The van der Waals surface area contributed by atoms with Crippen LogP contribution in [-0.2, 0) is 14.3 Å². The maximum Gasteiger partial charge on any atom is 0.317 e. The number of likely N-dealkylation sites (tertiary alicyclic amines) is 1. The molecule has 1 aliphatic heterocycles. The van der Waals surface area contributed by atoms with Gasteiger partial charge in [0.25, 0.3) is 0 Å². The molecule has 0 spiro atoms. The molecule has 0 atom stereocenters. The van der Waals surface area contributed by atoms with Crippen molar-refractivity contribution in [3.05, 3.63) is 0 Å². The predicted molar refractivity (Wildman–Crippen MR) is 82.8 cm³/mol. The van der Waals surface area contributed by atoms with Gasteiger partial charge >= 0.3 is 18.0 Å². The zero-order valence-corrected chi connectivity index (χ0v) is 13.6. The van der Waals surface area contributed by atoms with Crippen LogP contribution in [0.15, 0.2) is 0 Å². The Kier molecular flexibility index (Phi) is 6.24. The van der Waals surface area contributed by atoms with Gasteiger partial charge in [0, 0.05) is 19.1 Å². The first kappa shape index (κ1) is 17.6. The van der Waals surface area contributed by atoms with Crippen molar-refractivity contribution in [3.8, 4) is 0 Å². The number of nitrogens with one attached hydrogen (secondary N) is 1. The van der Waals surface area contributed by atoms with Crippen LogP contribution in [0.25, 0.3) is 0 Å².